The number of hydrogen-bond donors (Lipinski definition) is 0. The minimum Gasteiger partial charge on any atom is -0.438 e. The third kappa shape index (κ3) is 2.45. The van der Waals surface area contributed by atoms with Crippen LogP contribution in [0.15, 0.2) is 23.3 Å². The highest BCUT2D eigenvalue weighted by Gasteiger charge is 2.24. The van der Waals surface area contributed by atoms with Crippen LogP contribution in [0.4, 0.5) is 0 Å². The average molecular weight is 196 g/mol. The Labute approximate surface area is 84.4 Å². The van der Waals surface area contributed by atoms with Crippen LogP contribution in [0.25, 0.3) is 0 Å². The van der Waals surface area contributed by atoms with E-state index in [2.05, 4.69) is 0 Å². The highest BCUT2D eigenvalue weighted by atomic mass is 16.7. The molecule has 0 bridgehead atoms. The molecule has 0 radical (unpaired) electrons. The lowest BCUT2D eigenvalue weighted by Crippen LogP contribution is -2.22. The van der Waals surface area contributed by atoms with Gasteiger partial charge in [-0.05, 0) is 20.3 Å². The first-order chi connectivity index (χ1) is 6.66. The lowest BCUT2D eigenvalue weighted by Gasteiger charge is -2.20. The van der Waals surface area contributed by atoms with Crippen molar-refractivity contribution in [1.29, 1.82) is 0 Å². The average Bonchev–Trinajstić information content (AvgIpc) is 2.14. The molecule has 14 heavy (non-hydrogen) atoms. The Balaban J connectivity index is 2.64. The molecule has 0 aromatic rings. The molecule has 0 fully saturated rings. The summed E-state index contributed by atoms with van der Waals surface area (Å²) >= 11 is 0. The van der Waals surface area contributed by atoms with Crippen molar-refractivity contribution in [2.45, 2.75) is 20.3 Å². The molecule has 0 aromatic carbocycles. The first-order valence-electron chi connectivity index (χ1n) is 4.65. The maximum absolute atomic E-state index is 11.6. The number of hydrogen-bond acceptors (Lipinski definition) is 3. The van der Waals surface area contributed by atoms with Gasteiger partial charge in [-0.2, -0.15) is 0 Å². The van der Waals surface area contributed by atoms with Crippen molar-refractivity contribution in [3.8, 4) is 0 Å². The second kappa shape index (κ2) is 4.96. The molecule has 0 spiro atoms. The van der Waals surface area contributed by atoms with Gasteiger partial charge in [-0.1, -0.05) is 23.3 Å². The Morgan fingerprint density at radius 3 is 2.50 bits per heavy atom. The fourth-order valence-corrected chi connectivity index (χ4v) is 1.60. The predicted molar refractivity (Wildman–Crippen MR) is 53.6 cm³/mol. The Morgan fingerprint density at radius 2 is 2.00 bits per heavy atom. The van der Waals surface area contributed by atoms with Crippen LogP contribution >= 0.6 is 0 Å². The monoisotopic (exact) mass is 196 g/mol. The number of carbonyl (C=O) groups is 1. The number of ether oxygens (including phenoxy) is 2. The van der Waals surface area contributed by atoms with Crippen LogP contribution in [0.1, 0.15) is 20.3 Å². The Kier molecular flexibility index (Phi) is 3.89. The second-order valence-electron chi connectivity index (χ2n) is 3.43. The summed E-state index contributed by atoms with van der Waals surface area (Å²) < 4.78 is 9.62. The number of rotatable bonds is 3. The van der Waals surface area contributed by atoms with Crippen molar-refractivity contribution in [2.24, 2.45) is 5.92 Å². The van der Waals surface area contributed by atoms with E-state index < -0.39 is 0 Å². The van der Waals surface area contributed by atoms with E-state index in [1.54, 1.807) is 0 Å². The van der Waals surface area contributed by atoms with Crippen LogP contribution in [0, 0.1) is 5.92 Å². The van der Waals surface area contributed by atoms with Gasteiger partial charge < -0.3 is 9.47 Å². The maximum Gasteiger partial charge on any atom is 0.319 e. The highest BCUT2D eigenvalue weighted by molar-refractivity contribution is 5.79. The molecule has 78 valence electrons. The molecule has 1 rings (SSSR count). The van der Waals surface area contributed by atoms with Crippen LogP contribution in [0.5, 0.6) is 0 Å². The van der Waals surface area contributed by atoms with E-state index in [9.17, 15) is 4.79 Å². The van der Waals surface area contributed by atoms with E-state index in [1.165, 1.54) is 7.11 Å². The molecule has 0 saturated carbocycles. The SMILES string of the molecule is COCOC(=O)C1C(C)=CCC=C1C. The molecular weight excluding hydrogens is 180 g/mol. The molecule has 0 atom stereocenters. The van der Waals surface area contributed by atoms with Gasteiger partial charge >= 0.3 is 5.97 Å². The van der Waals surface area contributed by atoms with Crippen molar-refractivity contribution in [2.75, 3.05) is 13.9 Å². The second-order valence-corrected chi connectivity index (χ2v) is 3.43. The van der Waals surface area contributed by atoms with Gasteiger partial charge in [0.15, 0.2) is 6.79 Å². The summed E-state index contributed by atoms with van der Waals surface area (Å²) in [5.74, 6) is -0.437. The summed E-state index contributed by atoms with van der Waals surface area (Å²) in [4.78, 5) is 11.6. The van der Waals surface area contributed by atoms with Gasteiger partial charge in [-0.25, -0.2) is 0 Å². The summed E-state index contributed by atoms with van der Waals surface area (Å²) in [6.07, 6.45) is 5.00. The van der Waals surface area contributed by atoms with Crippen LogP contribution in [-0.4, -0.2) is 19.9 Å². The van der Waals surface area contributed by atoms with E-state index in [-0.39, 0.29) is 18.7 Å². The van der Waals surface area contributed by atoms with Gasteiger partial charge in [0.2, 0.25) is 0 Å². The minimum atomic E-state index is -0.228. The lowest BCUT2D eigenvalue weighted by atomic mass is 9.88. The Bertz CT molecular complexity index is 258. The van der Waals surface area contributed by atoms with Gasteiger partial charge in [-0.15, -0.1) is 0 Å². The molecular formula is C11H16O3. The quantitative estimate of drug-likeness (QED) is 0.393. The molecule has 0 aliphatic heterocycles. The van der Waals surface area contributed by atoms with E-state index in [0.717, 1.165) is 17.6 Å². The molecule has 0 aromatic heterocycles. The maximum atomic E-state index is 11.6. The van der Waals surface area contributed by atoms with Crippen LogP contribution in [-0.2, 0) is 14.3 Å². The summed E-state index contributed by atoms with van der Waals surface area (Å²) in [5.41, 5.74) is 2.12. The number of esters is 1. The Morgan fingerprint density at radius 1 is 1.43 bits per heavy atom. The van der Waals surface area contributed by atoms with Gasteiger partial charge in [0.25, 0.3) is 0 Å². The third-order valence-electron chi connectivity index (χ3n) is 2.35. The zero-order chi connectivity index (χ0) is 10.6. The topological polar surface area (TPSA) is 35.5 Å². The minimum absolute atomic E-state index is 0.0237. The fourth-order valence-electron chi connectivity index (χ4n) is 1.60. The van der Waals surface area contributed by atoms with Gasteiger partial charge in [0, 0.05) is 7.11 Å². The van der Waals surface area contributed by atoms with Gasteiger partial charge in [0.05, 0.1) is 5.92 Å². The normalized spacial score (nSPS) is 17.4. The summed E-state index contributed by atoms with van der Waals surface area (Å²) in [5, 5.41) is 0. The number of allylic oxidation sites excluding steroid dienone is 2. The van der Waals surface area contributed by atoms with Crippen molar-refractivity contribution < 1.29 is 14.3 Å². The zero-order valence-electron chi connectivity index (χ0n) is 8.87. The van der Waals surface area contributed by atoms with Crippen molar-refractivity contribution in [3.63, 3.8) is 0 Å². The first-order valence-corrected chi connectivity index (χ1v) is 4.65. The third-order valence-corrected chi connectivity index (χ3v) is 2.35. The highest BCUT2D eigenvalue weighted by Crippen LogP contribution is 2.26. The molecule has 0 N–H and O–H groups in total. The largest absolute Gasteiger partial charge is 0.438 e. The van der Waals surface area contributed by atoms with Crippen LogP contribution in [0.2, 0.25) is 0 Å². The fraction of sp³-hybridized carbons (Fsp3) is 0.545. The van der Waals surface area contributed by atoms with Gasteiger partial charge in [-0.3, -0.25) is 4.79 Å². The zero-order valence-corrected chi connectivity index (χ0v) is 8.87. The van der Waals surface area contributed by atoms with E-state index in [4.69, 9.17) is 9.47 Å². The van der Waals surface area contributed by atoms with Crippen molar-refractivity contribution in [1.82, 2.24) is 0 Å². The summed E-state index contributed by atoms with van der Waals surface area (Å²) in [6, 6.07) is 0. The van der Waals surface area contributed by atoms with E-state index in [0.29, 0.717) is 0 Å². The van der Waals surface area contributed by atoms with Crippen molar-refractivity contribution in [3.05, 3.63) is 23.3 Å². The standard InChI is InChI=1S/C11H16O3/c1-8-5-4-6-9(2)10(8)11(12)14-7-13-3/h5-6,10H,4,7H2,1-3H3. The van der Waals surface area contributed by atoms with E-state index in [1.807, 2.05) is 26.0 Å². The van der Waals surface area contributed by atoms with Crippen LogP contribution in [0.3, 0.4) is 0 Å². The van der Waals surface area contributed by atoms with E-state index >= 15 is 0 Å². The molecule has 0 saturated heterocycles. The smallest absolute Gasteiger partial charge is 0.319 e. The van der Waals surface area contributed by atoms with Crippen molar-refractivity contribution >= 4 is 5.97 Å². The molecule has 0 heterocycles. The first kappa shape index (κ1) is 11.0. The molecule has 0 unspecified atom stereocenters. The molecule has 1 aliphatic rings. The predicted octanol–water partition coefficient (Wildman–Crippen LogP) is 2.05. The molecule has 3 nitrogen and oxygen atoms in total. The number of methoxy groups -OCH3 is 1. The molecule has 0 amide bonds. The molecule has 1 aliphatic carbocycles. The lowest BCUT2D eigenvalue weighted by molar-refractivity contribution is -0.156. The summed E-state index contributed by atoms with van der Waals surface area (Å²) in [6.45, 7) is 3.93. The molecule has 3 heteroatoms. The Hall–Kier alpha value is -1.09. The van der Waals surface area contributed by atoms with Gasteiger partial charge in [0.1, 0.15) is 0 Å². The number of carbonyl (C=O) groups excluding carboxylic acids is 1. The van der Waals surface area contributed by atoms with Crippen LogP contribution < -0.4 is 0 Å². The summed E-state index contributed by atoms with van der Waals surface area (Å²) in [7, 11) is 1.50.